The van der Waals surface area contributed by atoms with Crippen molar-refractivity contribution in [2.24, 2.45) is 0 Å². The van der Waals surface area contributed by atoms with Gasteiger partial charge in [0, 0.05) is 10.5 Å². The third-order valence-corrected chi connectivity index (χ3v) is 3.78. The molecule has 0 saturated carbocycles. The summed E-state index contributed by atoms with van der Waals surface area (Å²) in [6, 6.07) is 4.03. The number of hydrogen-bond donors (Lipinski definition) is 1. The first-order valence-electron chi connectivity index (χ1n) is 5.90. The Kier molecular flexibility index (Phi) is 3.92. The van der Waals surface area contributed by atoms with Crippen LogP contribution in [-0.2, 0) is 11.2 Å². The van der Waals surface area contributed by atoms with Crippen LogP contribution in [0.2, 0.25) is 0 Å². The molecule has 5 heteroatoms. The summed E-state index contributed by atoms with van der Waals surface area (Å²) < 4.78 is 5.78. The average Bonchev–Trinajstić information content (AvgIpc) is 2.68. The van der Waals surface area contributed by atoms with Crippen molar-refractivity contribution in [3.8, 4) is 5.75 Å². The summed E-state index contributed by atoms with van der Waals surface area (Å²) in [5.74, 6) is 0.526. The van der Waals surface area contributed by atoms with E-state index in [0.29, 0.717) is 18.3 Å². The standard InChI is InChI=1S/C13H16BrNO3/c1-8(2)15-10(6-16)3-9-4-11(18-7-17)5-12(14)13(9)15/h4-5,7-8,10,16H,3,6H2,1-2H3. The lowest BCUT2D eigenvalue weighted by Crippen LogP contribution is -2.40. The molecule has 1 unspecified atom stereocenters. The van der Waals surface area contributed by atoms with Crippen molar-refractivity contribution < 1.29 is 14.6 Å². The van der Waals surface area contributed by atoms with Gasteiger partial charge in [-0.2, -0.15) is 0 Å². The molecular formula is C13H16BrNO3. The van der Waals surface area contributed by atoms with E-state index in [4.69, 9.17) is 4.74 Å². The van der Waals surface area contributed by atoms with Gasteiger partial charge in [-0.1, -0.05) is 0 Å². The van der Waals surface area contributed by atoms with Crippen molar-refractivity contribution >= 4 is 28.1 Å². The molecule has 18 heavy (non-hydrogen) atoms. The minimum Gasteiger partial charge on any atom is -0.429 e. The number of halogens is 1. The van der Waals surface area contributed by atoms with Gasteiger partial charge in [0.05, 0.1) is 18.3 Å². The smallest absolute Gasteiger partial charge is 0.298 e. The van der Waals surface area contributed by atoms with Crippen LogP contribution in [0.1, 0.15) is 19.4 Å². The number of aliphatic hydroxyl groups excluding tert-OH is 1. The minimum atomic E-state index is 0.0859. The summed E-state index contributed by atoms with van der Waals surface area (Å²) in [4.78, 5) is 12.6. The van der Waals surface area contributed by atoms with Crippen molar-refractivity contribution in [3.63, 3.8) is 0 Å². The predicted molar refractivity (Wildman–Crippen MR) is 73.0 cm³/mol. The summed E-state index contributed by atoms with van der Waals surface area (Å²) in [6.07, 6.45) is 0.763. The van der Waals surface area contributed by atoms with Crippen LogP contribution < -0.4 is 9.64 Å². The van der Waals surface area contributed by atoms with Crippen LogP contribution >= 0.6 is 15.9 Å². The lowest BCUT2D eigenvalue weighted by molar-refractivity contribution is -0.120. The fraction of sp³-hybridized carbons (Fsp3) is 0.462. The van der Waals surface area contributed by atoms with Gasteiger partial charge in [-0.25, -0.2) is 0 Å². The van der Waals surface area contributed by atoms with E-state index in [1.54, 1.807) is 6.07 Å². The fourth-order valence-corrected chi connectivity index (χ4v) is 3.25. The number of aliphatic hydroxyl groups is 1. The van der Waals surface area contributed by atoms with E-state index in [9.17, 15) is 9.90 Å². The van der Waals surface area contributed by atoms with E-state index >= 15 is 0 Å². The van der Waals surface area contributed by atoms with E-state index < -0.39 is 0 Å². The maximum atomic E-state index is 10.4. The topological polar surface area (TPSA) is 49.8 Å². The summed E-state index contributed by atoms with van der Waals surface area (Å²) in [7, 11) is 0. The highest BCUT2D eigenvalue weighted by molar-refractivity contribution is 9.10. The van der Waals surface area contributed by atoms with Gasteiger partial charge in [-0.15, -0.1) is 0 Å². The largest absolute Gasteiger partial charge is 0.429 e. The molecule has 0 radical (unpaired) electrons. The van der Waals surface area contributed by atoms with Gasteiger partial charge in [0.1, 0.15) is 5.75 Å². The number of carbonyl (C=O) groups is 1. The second-order valence-corrected chi connectivity index (χ2v) is 5.52. The monoisotopic (exact) mass is 313 g/mol. The van der Waals surface area contributed by atoms with E-state index in [1.807, 2.05) is 6.07 Å². The Balaban J connectivity index is 2.45. The van der Waals surface area contributed by atoms with Gasteiger partial charge in [0.25, 0.3) is 6.47 Å². The van der Waals surface area contributed by atoms with Crippen LogP contribution in [0, 0.1) is 0 Å². The molecule has 0 spiro atoms. The lowest BCUT2D eigenvalue weighted by Gasteiger charge is -2.31. The number of carbonyl (C=O) groups excluding carboxylic acids is 1. The van der Waals surface area contributed by atoms with Crippen molar-refractivity contribution in [2.45, 2.75) is 32.4 Å². The SMILES string of the molecule is CC(C)N1c2c(Br)cc(OC=O)cc2CC1CO. The Labute approximate surface area is 115 Å². The number of nitrogens with zero attached hydrogens (tertiary/aromatic N) is 1. The van der Waals surface area contributed by atoms with Crippen LogP contribution in [0.4, 0.5) is 5.69 Å². The minimum absolute atomic E-state index is 0.0859. The molecule has 1 aliphatic rings. The maximum Gasteiger partial charge on any atom is 0.298 e. The second-order valence-electron chi connectivity index (χ2n) is 4.67. The third-order valence-electron chi connectivity index (χ3n) is 3.17. The Morgan fingerprint density at radius 2 is 2.33 bits per heavy atom. The molecule has 1 atom stereocenters. The molecular weight excluding hydrogens is 298 g/mol. The molecule has 2 rings (SSSR count). The highest BCUT2D eigenvalue weighted by Gasteiger charge is 2.32. The molecule has 0 bridgehead atoms. The van der Waals surface area contributed by atoms with E-state index in [1.165, 1.54) is 0 Å². The van der Waals surface area contributed by atoms with Gasteiger partial charge in [-0.05, 0) is 53.9 Å². The molecule has 1 aliphatic heterocycles. The molecule has 1 aromatic rings. The molecule has 0 amide bonds. The van der Waals surface area contributed by atoms with E-state index in [0.717, 1.165) is 22.1 Å². The maximum absolute atomic E-state index is 10.4. The number of rotatable bonds is 4. The summed E-state index contributed by atoms with van der Waals surface area (Å²) in [5.41, 5.74) is 2.18. The normalized spacial score (nSPS) is 18.1. The Morgan fingerprint density at radius 3 is 2.89 bits per heavy atom. The Bertz CT molecular complexity index is 462. The van der Waals surface area contributed by atoms with Gasteiger partial charge >= 0.3 is 0 Å². The van der Waals surface area contributed by atoms with Gasteiger partial charge < -0.3 is 14.7 Å². The lowest BCUT2D eigenvalue weighted by atomic mass is 10.1. The number of fused-ring (bicyclic) bond motifs is 1. The first kappa shape index (κ1) is 13.4. The van der Waals surface area contributed by atoms with Crippen LogP contribution in [0.5, 0.6) is 5.75 Å². The molecule has 1 heterocycles. The predicted octanol–water partition coefficient (Wildman–Crippen LogP) is 2.12. The highest BCUT2D eigenvalue weighted by Crippen LogP contribution is 2.42. The molecule has 0 aliphatic carbocycles. The average molecular weight is 314 g/mol. The molecule has 98 valence electrons. The zero-order chi connectivity index (χ0) is 13.3. The summed E-state index contributed by atoms with van der Waals surface area (Å²) >= 11 is 3.51. The van der Waals surface area contributed by atoms with E-state index in [2.05, 4.69) is 34.7 Å². The van der Waals surface area contributed by atoms with E-state index in [-0.39, 0.29) is 12.6 Å². The van der Waals surface area contributed by atoms with Gasteiger partial charge in [0.15, 0.2) is 0 Å². The molecule has 4 nitrogen and oxygen atoms in total. The second kappa shape index (κ2) is 5.28. The van der Waals surface area contributed by atoms with Crippen LogP contribution in [-0.4, -0.2) is 30.3 Å². The number of ether oxygens (including phenoxy) is 1. The van der Waals surface area contributed by atoms with Crippen molar-refractivity contribution in [3.05, 3.63) is 22.2 Å². The first-order chi connectivity index (χ1) is 8.58. The van der Waals surface area contributed by atoms with Gasteiger partial charge in [-0.3, -0.25) is 4.79 Å². The number of anilines is 1. The summed E-state index contributed by atoms with van der Waals surface area (Å²) in [5, 5.41) is 9.48. The Morgan fingerprint density at radius 1 is 1.61 bits per heavy atom. The van der Waals surface area contributed by atoms with Crippen LogP contribution in [0.3, 0.4) is 0 Å². The fourth-order valence-electron chi connectivity index (χ4n) is 2.56. The molecule has 0 fully saturated rings. The quantitative estimate of drug-likeness (QED) is 0.865. The molecule has 1 aromatic carbocycles. The van der Waals surface area contributed by atoms with Gasteiger partial charge in [0.2, 0.25) is 0 Å². The third kappa shape index (κ3) is 2.24. The van der Waals surface area contributed by atoms with Crippen LogP contribution in [0.25, 0.3) is 0 Å². The van der Waals surface area contributed by atoms with Crippen LogP contribution in [0.15, 0.2) is 16.6 Å². The van der Waals surface area contributed by atoms with Crippen molar-refractivity contribution in [1.29, 1.82) is 0 Å². The molecule has 0 aromatic heterocycles. The molecule has 1 N–H and O–H groups in total. The Hall–Kier alpha value is -1.07. The number of hydrogen-bond acceptors (Lipinski definition) is 4. The van der Waals surface area contributed by atoms with Crippen molar-refractivity contribution in [2.75, 3.05) is 11.5 Å². The zero-order valence-corrected chi connectivity index (χ0v) is 12.0. The highest BCUT2D eigenvalue weighted by atomic mass is 79.9. The number of benzene rings is 1. The van der Waals surface area contributed by atoms with Crippen molar-refractivity contribution in [1.82, 2.24) is 0 Å². The summed E-state index contributed by atoms with van der Waals surface area (Å²) in [6.45, 7) is 4.73. The first-order valence-corrected chi connectivity index (χ1v) is 6.69. The molecule has 0 saturated heterocycles. The zero-order valence-electron chi connectivity index (χ0n) is 10.4.